The molecule has 2 rings (SSSR count). The molecule has 96 valence electrons. The molecule has 0 spiro atoms. The lowest BCUT2D eigenvalue weighted by atomic mass is 10.1. The van der Waals surface area contributed by atoms with Gasteiger partial charge < -0.3 is 5.32 Å². The van der Waals surface area contributed by atoms with Crippen LogP contribution in [-0.4, -0.2) is 12.2 Å². The number of hydrogen-bond acceptors (Lipinski definition) is 2. The molecule has 0 aliphatic rings. The summed E-state index contributed by atoms with van der Waals surface area (Å²) in [5.74, 6) is -0.235. The van der Waals surface area contributed by atoms with Crippen LogP contribution in [0.25, 0.3) is 0 Å². The maximum atomic E-state index is 12.0. The van der Waals surface area contributed by atoms with Gasteiger partial charge in [0.05, 0.1) is 0 Å². The summed E-state index contributed by atoms with van der Waals surface area (Å²) in [5.41, 5.74) is 2.62. The highest BCUT2D eigenvalue weighted by Gasteiger charge is 2.07. The maximum absolute atomic E-state index is 12.0. The van der Waals surface area contributed by atoms with Crippen molar-refractivity contribution >= 4 is 29.5 Å². The molecule has 0 aliphatic heterocycles. The predicted octanol–water partition coefficient (Wildman–Crippen LogP) is 3.71. The summed E-state index contributed by atoms with van der Waals surface area (Å²) in [6.45, 7) is 1.88. The molecule has 1 N–H and O–H groups in total. The predicted molar refractivity (Wildman–Crippen MR) is 76.0 cm³/mol. The zero-order chi connectivity index (χ0) is 13.8. The van der Waals surface area contributed by atoms with Crippen molar-refractivity contribution in [2.75, 3.05) is 5.32 Å². The number of rotatable bonds is 3. The smallest absolute Gasteiger partial charge is 0.255 e. The Morgan fingerprint density at radius 2 is 1.84 bits per heavy atom. The number of nitrogens with one attached hydrogen (secondary N) is 1. The molecule has 0 fully saturated rings. The van der Waals surface area contributed by atoms with E-state index in [1.54, 1.807) is 42.5 Å². The fraction of sp³-hybridized carbons (Fsp3) is 0.0667. The Kier molecular flexibility index (Phi) is 3.97. The first-order valence-electron chi connectivity index (χ1n) is 5.73. The van der Waals surface area contributed by atoms with Gasteiger partial charge in [-0.2, -0.15) is 0 Å². The largest absolute Gasteiger partial charge is 0.322 e. The van der Waals surface area contributed by atoms with Crippen molar-refractivity contribution in [1.82, 2.24) is 0 Å². The Morgan fingerprint density at radius 1 is 1.16 bits per heavy atom. The zero-order valence-corrected chi connectivity index (χ0v) is 11.1. The number of benzene rings is 2. The summed E-state index contributed by atoms with van der Waals surface area (Å²) in [5, 5.41) is 3.30. The van der Waals surface area contributed by atoms with E-state index < -0.39 is 0 Å². The Hall–Kier alpha value is -2.13. The molecule has 2 aromatic carbocycles. The number of carbonyl (C=O) groups excluding carboxylic acids is 2. The number of hydrogen-bond donors (Lipinski definition) is 1. The molecular weight excluding hydrogens is 262 g/mol. The summed E-state index contributed by atoms with van der Waals surface area (Å²) < 4.78 is 0. The lowest BCUT2D eigenvalue weighted by molar-refractivity contribution is 0.102. The first-order valence-corrected chi connectivity index (χ1v) is 6.10. The third kappa shape index (κ3) is 3.20. The Labute approximate surface area is 116 Å². The molecule has 0 heterocycles. The van der Waals surface area contributed by atoms with Crippen LogP contribution < -0.4 is 5.32 Å². The monoisotopic (exact) mass is 273 g/mol. The van der Waals surface area contributed by atoms with Crippen molar-refractivity contribution in [3.8, 4) is 0 Å². The van der Waals surface area contributed by atoms with Gasteiger partial charge in [-0.1, -0.05) is 17.7 Å². The van der Waals surface area contributed by atoms with E-state index in [2.05, 4.69) is 5.32 Å². The van der Waals surface area contributed by atoms with E-state index >= 15 is 0 Å². The van der Waals surface area contributed by atoms with Gasteiger partial charge in [-0.3, -0.25) is 9.59 Å². The van der Waals surface area contributed by atoms with Gasteiger partial charge in [0.25, 0.3) is 5.91 Å². The molecular formula is C15H12ClNO2. The minimum absolute atomic E-state index is 0.235. The molecule has 3 nitrogen and oxygen atoms in total. The first kappa shape index (κ1) is 13.3. The van der Waals surface area contributed by atoms with E-state index in [0.717, 1.165) is 11.8 Å². The number of carbonyl (C=O) groups is 2. The summed E-state index contributed by atoms with van der Waals surface area (Å²) in [6.07, 6.45) is 0.755. The van der Waals surface area contributed by atoms with Gasteiger partial charge in [-0.15, -0.1) is 0 Å². The number of amides is 1. The third-order valence-corrected chi connectivity index (χ3v) is 3.15. The second kappa shape index (κ2) is 5.67. The highest BCUT2D eigenvalue weighted by molar-refractivity contribution is 6.31. The highest BCUT2D eigenvalue weighted by atomic mass is 35.5. The minimum atomic E-state index is -0.235. The molecule has 0 bridgehead atoms. The van der Waals surface area contributed by atoms with Gasteiger partial charge >= 0.3 is 0 Å². The highest BCUT2D eigenvalue weighted by Crippen LogP contribution is 2.18. The van der Waals surface area contributed by atoms with Crippen LogP contribution in [0.2, 0.25) is 5.02 Å². The summed E-state index contributed by atoms with van der Waals surface area (Å²) in [4.78, 5) is 22.5. The van der Waals surface area contributed by atoms with E-state index in [0.29, 0.717) is 21.8 Å². The Bertz CT molecular complexity index is 621. The normalized spacial score (nSPS) is 10.0. The second-order valence-electron chi connectivity index (χ2n) is 4.16. The molecule has 19 heavy (non-hydrogen) atoms. The molecule has 0 saturated heterocycles. The van der Waals surface area contributed by atoms with Crippen LogP contribution in [0.4, 0.5) is 5.69 Å². The van der Waals surface area contributed by atoms with Crippen molar-refractivity contribution in [2.24, 2.45) is 0 Å². The van der Waals surface area contributed by atoms with Crippen LogP contribution >= 0.6 is 11.6 Å². The van der Waals surface area contributed by atoms with Crippen LogP contribution in [-0.2, 0) is 0 Å². The van der Waals surface area contributed by atoms with E-state index in [4.69, 9.17) is 11.6 Å². The molecule has 0 saturated carbocycles. The zero-order valence-electron chi connectivity index (χ0n) is 10.3. The number of aldehydes is 1. The Balaban J connectivity index is 2.15. The van der Waals surface area contributed by atoms with Crippen LogP contribution in [0.5, 0.6) is 0 Å². The van der Waals surface area contributed by atoms with E-state index in [9.17, 15) is 9.59 Å². The number of halogens is 1. The first-order chi connectivity index (χ1) is 9.10. The molecule has 0 aliphatic carbocycles. The molecule has 2 aromatic rings. The van der Waals surface area contributed by atoms with Crippen molar-refractivity contribution in [3.05, 3.63) is 64.2 Å². The van der Waals surface area contributed by atoms with Crippen molar-refractivity contribution in [3.63, 3.8) is 0 Å². The van der Waals surface area contributed by atoms with E-state index in [1.165, 1.54) is 0 Å². The van der Waals surface area contributed by atoms with Crippen LogP contribution in [0, 0.1) is 6.92 Å². The number of aryl methyl sites for hydroxylation is 1. The molecule has 1 amide bonds. The van der Waals surface area contributed by atoms with Crippen LogP contribution in [0.1, 0.15) is 26.3 Å². The van der Waals surface area contributed by atoms with E-state index in [1.807, 2.05) is 6.92 Å². The second-order valence-corrected chi connectivity index (χ2v) is 4.57. The summed E-state index contributed by atoms with van der Waals surface area (Å²) in [7, 11) is 0. The average Bonchev–Trinajstić information content (AvgIpc) is 2.42. The summed E-state index contributed by atoms with van der Waals surface area (Å²) >= 11 is 5.98. The lowest BCUT2D eigenvalue weighted by Gasteiger charge is -2.06. The molecule has 0 radical (unpaired) electrons. The fourth-order valence-electron chi connectivity index (χ4n) is 1.58. The van der Waals surface area contributed by atoms with E-state index in [-0.39, 0.29) is 5.91 Å². The van der Waals surface area contributed by atoms with Crippen LogP contribution in [0.15, 0.2) is 42.5 Å². The standard InChI is InChI=1S/C15H12ClNO2/c1-10-2-5-12(8-14(10)16)15(19)17-13-6-3-11(9-18)4-7-13/h2-9H,1H3,(H,17,19). The molecule has 0 atom stereocenters. The topological polar surface area (TPSA) is 46.2 Å². The van der Waals surface area contributed by atoms with Crippen LogP contribution in [0.3, 0.4) is 0 Å². The van der Waals surface area contributed by atoms with Gasteiger partial charge in [0.1, 0.15) is 6.29 Å². The minimum Gasteiger partial charge on any atom is -0.322 e. The number of anilines is 1. The molecule has 0 unspecified atom stereocenters. The Morgan fingerprint density at radius 3 is 2.42 bits per heavy atom. The van der Waals surface area contributed by atoms with Gasteiger partial charge in [0.2, 0.25) is 0 Å². The SMILES string of the molecule is Cc1ccc(C(=O)Nc2ccc(C=O)cc2)cc1Cl. The molecule has 0 aromatic heterocycles. The van der Waals surface area contributed by atoms with Crippen molar-refractivity contribution < 1.29 is 9.59 Å². The van der Waals surface area contributed by atoms with Gasteiger partial charge in [-0.05, 0) is 48.9 Å². The van der Waals surface area contributed by atoms with Gasteiger partial charge in [0, 0.05) is 21.8 Å². The maximum Gasteiger partial charge on any atom is 0.255 e. The van der Waals surface area contributed by atoms with Gasteiger partial charge in [-0.25, -0.2) is 0 Å². The van der Waals surface area contributed by atoms with Crippen molar-refractivity contribution in [2.45, 2.75) is 6.92 Å². The fourth-order valence-corrected chi connectivity index (χ4v) is 1.76. The van der Waals surface area contributed by atoms with Gasteiger partial charge in [0.15, 0.2) is 0 Å². The quantitative estimate of drug-likeness (QED) is 0.867. The summed E-state index contributed by atoms with van der Waals surface area (Å²) in [6, 6.07) is 11.8. The average molecular weight is 274 g/mol. The lowest BCUT2D eigenvalue weighted by Crippen LogP contribution is -2.11. The third-order valence-electron chi connectivity index (χ3n) is 2.74. The van der Waals surface area contributed by atoms with Crippen molar-refractivity contribution in [1.29, 1.82) is 0 Å². The molecule has 4 heteroatoms.